The Labute approximate surface area is 228 Å². The van der Waals surface area contributed by atoms with E-state index in [4.69, 9.17) is 44.3 Å². The zero-order chi connectivity index (χ0) is 27.3. The third kappa shape index (κ3) is 8.15. The van der Waals surface area contributed by atoms with Crippen molar-refractivity contribution in [3.63, 3.8) is 0 Å². The van der Waals surface area contributed by atoms with Crippen molar-refractivity contribution >= 4 is 50.7 Å². The van der Waals surface area contributed by atoms with Gasteiger partial charge in [-0.2, -0.15) is 0 Å². The Morgan fingerprint density at radius 1 is 1.06 bits per heavy atom. The van der Waals surface area contributed by atoms with Gasteiger partial charge in [-0.1, -0.05) is 56.1 Å². The number of nitrogens with zero attached hydrogens (tertiary/aromatic N) is 1. The first-order valence-corrected chi connectivity index (χ1v) is 14.4. The van der Waals surface area contributed by atoms with Crippen LogP contribution in [0.2, 0.25) is 10.0 Å². The van der Waals surface area contributed by atoms with Crippen LogP contribution in [0.1, 0.15) is 38.8 Å². The minimum atomic E-state index is -3.62. The van der Waals surface area contributed by atoms with Gasteiger partial charge in [-0.3, -0.25) is 4.79 Å². The lowest BCUT2D eigenvalue weighted by molar-refractivity contribution is -0.124. The molecular weight excluding hydrogens is 549 g/mol. The Morgan fingerprint density at radius 3 is 2.08 bits per heavy atom. The Bertz CT molecular complexity index is 1130. The molecule has 11 heteroatoms. The standard InChI is InChI=1S/C25H32Cl3NO6S/c1-16(13-29(17(2)30)36(5,32)33)14-34-21-8-6-18(7-9-21)25(3,4)19-10-22(27)24(23(28)11-19)35-15-20(31)12-26/h6-11,16,20,31H,12-15H2,1-5H3/t16-,20+/m1/s1. The van der Waals surface area contributed by atoms with Crippen molar-refractivity contribution in [3.05, 3.63) is 57.6 Å². The summed E-state index contributed by atoms with van der Waals surface area (Å²) in [6, 6.07) is 11.1. The summed E-state index contributed by atoms with van der Waals surface area (Å²) < 4.78 is 35.8. The average Bonchev–Trinajstić information content (AvgIpc) is 2.79. The third-order valence-electron chi connectivity index (χ3n) is 5.66. The summed E-state index contributed by atoms with van der Waals surface area (Å²) >= 11 is 18.5. The van der Waals surface area contributed by atoms with Gasteiger partial charge in [-0.25, -0.2) is 12.7 Å². The summed E-state index contributed by atoms with van der Waals surface area (Å²) in [6.45, 7) is 7.38. The highest BCUT2D eigenvalue weighted by Crippen LogP contribution is 2.40. The maximum absolute atomic E-state index is 11.8. The molecule has 0 heterocycles. The van der Waals surface area contributed by atoms with Crippen LogP contribution in [0, 0.1) is 5.92 Å². The molecule has 2 atom stereocenters. The second kappa shape index (κ2) is 12.7. The minimum Gasteiger partial charge on any atom is -0.493 e. The van der Waals surface area contributed by atoms with Crippen LogP contribution in [0.3, 0.4) is 0 Å². The number of ether oxygens (including phenoxy) is 2. The monoisotopic (exact) mass is 579 g/mol. The van der Waals surface area contributed by atoms with Gasteiger partial charge in [0.25, 0.3) is 0 Å². The van der Waals surface area contributed by atoms with Crippen LogP contribution in [0.25, 0.3) is 0 Å². The molecule has 0 aliphatic rings. The Morgan fingerprint density at radius 2 is 1.61 bits per heavy atom. The number of carbonyl (C=O) groups excluding carboxylic acids is 1. The van der Waals surface area contributed by atoms with Crippen LogP contribution in [0.4, 0.5) is 0 Å². The maximum Gasteiger partial charge on any atom is 0.234 e. The summed E-state index contributed by atoms with van der Waals surface area (Å²) in [5, 5.41) is 10.3. The van der Waals surface area contributed by atoms with E-state index in [2.05, 4.69) is 0 Å². The summed E-state index contributed by atoms with van der Waals surface area (Å²) in [7, 11) is -3.62. The third-order valence-corrected chi connectivity index (χ3v) is 7.78. The van der Waals surface area contributed by atoms with Crippen LogP contribution >= 0.6 is 34.8 Å². The molecule has 0 spiro atoms. The molecule has 0 unspecified atom stereocenters. The molecule has 0 bridgehead atoms. The van der Waals surface area contributed by atoms with Gasteiger partial charge in [0.15, 0.2) is 5.75 Å². The Balaban J connectivity index is 2.10. The number of aliphatic hydroxyl groups excluding tert-OH is 1. The van der Waals surface area contributed by atoms with Crippen molar-refractivity contribution in [2.45, 2.75) is 39.2 Å². The molecule has 0 radical (unpaired) electrons. The molecule has 0 aliphatic carbocycles. The summed E-state index contributed by atoms with van der Waals surface area (Å²) in [5.41, 5.74) is 1.40. The van der Waals surface area contributed by atoms with Gasteiger partial charge < -0.3 is 14.6 Å². The molecule has 1 N–H and O–H groups in total. The lowest BCUT2D eigenvalue weighted by Gasteiger charge is -2.27. The molecular formula is C25H32Cl3NO6S. The molecule has 0 aliphatic heterocycles. The highest BCUT2D eigenvalue weighted by atomic mass is 35.5. The number of halogens is 3. The lowest BCUT2D eigenvalue weighted by atomic mass is 9.78. The van der Waals surface area contributed by atoms with Gasteiger partial charge in [0, 0.05) is 24.8 Å². The smallest absolute Gasteiger partial charge is 0.234 e. The van der Waals surface area contributed by atoms with E-state index < -0.39 is 27.4 Å². The number of aliphatic hydroxyl groups is 1. The van der Waals surface area contributed by atoms with Crippen LogP contribution < -0.4 is 9.47 Å². The fourth-order valence-corrected chi connectivity index (χ4v) is 5.17. The van der Waals surface area contributed by atoms with Crippen molar-refractivity contribution in [1.82, 2.24) is 4.31 Å². The number of rotatable bonds is 12. The molecule has 0 fully saturated rings. The molecule has 0 saturated carbocycles. The number of hydrogen-bond acceptors (Lipinski definition) is 6. The summed E-state index contributed by atoms with van der Waals surface area (Å²) in [4.78, 5) is 11.6. The number of alkyl halides is 1. The number of benzene rings is 2. The first kappa shape index (κ1) is 30.5. The van der Waals surface area contributed by atoms with Gasteiger partial charge in [-0.05, 0) is 35.4 Å². The molecule has 2 aromatic carbocycles. The fraction of sp³-hybridized carbons (Fsp3) is 0.480. The highest BCUT2D eigenvalue weighted by molar-refractivity contribution is 7.88. The van der Waals surface area contributed by atoms with Gasteiger partial charge in [0.2, 0.25) is 15.9 Å². The van der Waals surface area contributed by atoms with Gasteiger partial charge >= 0.3 is 0 Å². The number of amides is 1. The first-order chi connectivity index (χ1) is 16.7. The average molecular weight is 581 g/mol. The van der Waals surface area contributed by atoms with E-state index in [1.54, 1.807) is 12.1 Å². The van der Waals surface area contributed by atoms with Crippen LogP contribution in [-0.2, 0) is 20.2 Å². The zero-order valence-electron chi connectivity index (χ0n) is 20.9. The van der Waals surface area contributed by atoms with Crippen molar-refractivity contribution in [2.24, 2.45) is 5.92 Å². The molecule has 0 saturated heterocycles. The highest BCUT2D eigenvalue weighted by Gasteiger charge is 2.26. The van der Waals surface area contributed by atoms with Gasteiger partial charge in [-0.15, -0.1) is 11.6 Å². The van der Waals surface area contributed by atoms with E-state index in [0.29, 0.717) is 21.5 Å². The van der Waals surface area contributed by atoms with E-state index in [-0.39, 0.29) is 31.6 Å². The van der Waals surface area contributed by atoms with E-state index in [1.807, 2.05) is 45.0 Å². The van der Waals surface area contributed by atoms with Crippen molar-refractivity contribution < 1.29 is 27.8 Å². The van der Waals surface area contributed by atoms with Gasteiger partial charge in [0.05, 0.1) is 28.8 Å². The second-order valence-corrected chi connectivity index (χ2v) is 12.3. The molecule has 2 rings (SSSR count). The van der Waals surface area contributed by atoms with Crippen LogP contribution in [0.5, 0.6) is 11.5 Å². The van der Waals surface area contributed by atoms with Crippen LogP contribution in [0.15, 0.2) is 36.4 Å². The van der Waals surface area contributed by atoms with Crippen molar-refractivity contribution in [2.75, 3.05) is 31.9 Å². The number of hydrogen-bond donors (Lipinski definition) is 1. The predicted molar refractivity (Wildman–Crippen MR) is 144 cm³/mol. The lowest BCUT2D eigenvalue weighted by Crippen LogP contribution is -2.38. The van der Waals surface area contributed by atoms with E-state index >= 15 is 0 Å². The van der Waals surface area contributed by atoms with Gasteiger partial charge in [0.1, 0.15) is 18.5 Å². The number of carbonyl (C=O) groups is 1. The molecule has 36 heavy (non-hydrogen) atoms. The Kier molecular flexibility index (Phi) is 10.8. The second-order valence-electron chi connectivity index (χ2n) is 9.27. The van der Waals surface area contributed by atoms with E-state index in [9.17, 15) is 18.3 Å². The van der Waals surface area contributed by atoms with Crippen LogP contribution in [-0.4, -0.2) is 61.7 Å². The predicted octanol–water partition coefficient (Wildman–Crippen LogP) is 5.12. The number of sulfonamides is 1. The minimum absolute atomic E-state index is 0.0210. The van der Waals surface area contributed by atoms with Crippen molar-refractivity contribution in [1.29, 1.82) is 0 Å². The largest absolute Gasteiger partial charge is 0.493 e. The quantitative estimate of drug-likeness (QED) is 0.350. The van der Waals surface area contributed by atoms with E-state index in [1.165, 1.54) is 6.92 Å². The zero-order valence-corrected chi connectivity index (χ0v) is 24.0. The van der Waals surface area contributed by atoms with E-state index in [0.717, 1.165) is 21.7 Å². The topological polar surface area (TPSA) is 93.1 Å². The van der Waals surface area contributed by atoms with Crippen molar-refractivity contribution in [3.8, 4) is 11.5 Å². The first-order valence-electron chi connectivity index (χ1n) is 11.2. The summed E-state index contributed by atoms with van der Waals surface area (Å²) in [6.07, 6.45) is 0.182. The fourth-order valence-electron chi connectivity index (χ4n) is 3.49. The Hall–Kier alpha value is -1.71. The molecule has 7 nitrogen and oxygen atoms in total. The molecule has 1 amide bonds. The summed E-state index contributed by atoms with van der Waals surface area (Å²) in [5.74, 6) is 0.224. The molecule has 0 aromatic heterocycles. The SMILES string of the molecule is CC(=O)N(C[C@@H](C)COc1ccc(C(C)(C)c2cc(Cl)c(OC[C@@H](O)CCl)c(Cl)c2)cc1)S(C)(=O)=O. The molecule has 200 valence electrons. The molecule has 2 aromatic rings. The normalized spacial score (nSPS) is 13.7. The maximum atomic E-state index is 11.8.